The van der Waals surface area contributed by atoms with Crippen molar-refractivity contribution in [3.63, 3.8) is 0 Å². The van der Waals surface area contributed by atoms with E-state index in [9.17, 15) is 13.2 Å². The first-order valence-electron chi connectivity index (χ1n) is 7.74. The Labute approximate surface area is 151 Å². The molecule has 8 heteroatoms. The van der Waals surface area contributed by atoms with Gasteiger partial charge in [0.25, 0.3) is 0 Å². The Morgan fingerprint density at radius 2 is 1.88 bits per heavy atom. The second-order valence-electron chi connectivity index (χ2n) is 6.10. The lowest BCUT2D eigenvalue weighted by Crippen LogP contribution is -2.54. The molecule has 2 saturated heterocycles. The molecule has 0 saturated carbocycles. The highest BCUT2D eigenvalue weighted by atomic mass is 35.5. The van der Waals surface area contributed by atoms with Crippen LogP contribution in [0.15, 0.2) is 35.7 Å². The minimum absolute atomic E-state index is 0.00872. The third-order valence-corrected chi connectivity index (χ3v) is 6.98. The Morgan fingerprint density at radius 1 is 1.21 bits per heavy atom. The molecule has 2 aliphatic heterocycles. The van der Waals surface area contributed by atoms with Gasteiger partial charge in [0.1, 0.15) is 6.04 Å². The van der Waals surface area contributed by atoms with Gasteiger partial charge in [0.05, 0.1) is 4.90 Å². The first-order valence-corrected chi connectivity index (χ1v) is 9.94. The van der Waals surface area contributed by atoms with Crippen LogP contribution in [0.4, 0.5) is 0 Å². The molecule has 0 aromatic heterocycles. The monoisotopic (exact) mass is 388 g/mol. The van der Waals surface area contributed by atoms with E-state index in [-0.39, 0.29) is 32.8 Å². The molecule has 2 fully saturated rings. The molecule has 1 aromatic rings. The molecule has 3 rings (SSSR count). The van der Waals surface area contributed by atoms with Crippen molar-refractivity contribution in [3.05, 3.63) is 40.9 Å². The highest BCUT2D eigenvalue weighted by molar-refractivity contribution is 7.89. The number of halogens is 2. The Balaban J connectivity index is 2.12. The van der Waals surface area contributed by atoms with Crippen LogP contribution in [-0.4, -0.2) is 37.3 Å². The lowest BCUT2D eigenvalue weighted by Gasteiger charge is -2.40. The number of rotatable bonds is 3. The van der Waals surface area contributed by atoms with Gasteiger partial charge in [-0.2, -0.15) is 4.31 Å². The number of nitrogens with zero attached hydrogens (tertiary/aromatic N) is 1. The van der Waals surface area contributed by atoms with Gasteiger partial charge in [-0.05, 0) is 37.5 Å². The van der Waals surface area contributed by atoms with E-state index in [0.717, 1.165) is 6.42 Å². The number of carbonyl (C=O) groups excluding carboxylic acids is 1. The van der Waals surface area contributed by atoms with Crippen LogP contribution in [0.2, 0.25) is 10.0 Å². The van der Waals surface area contributed by atoms with Crippen molar-refractivity contribution >= 4 is 39.1 Å². The van der Waals surface area contributed by atoms with Crippen LogP contribution < -0.4 is 5.32 Å². The standard InChI is InChI=1S/C16H18Cl2N2O3S/c1-2-10-9-19-16(21)15-5-3-4-14(10)20(15)24(22,23)13-7-11(17)6-12(18)8-13/h2,6-8,10,14-15H,1,3-5,9H2,(H,19,21)/t10-,14?,15?/m0/s1. The van der Waals surface area contributed by atoms with E-state index < -0.39 is 16.1 Å². The summed E-state index contributed by atoms with van der Waals surface area (Å²) in [4.78, 5) is 12.4. The van der Waals surface area contributed by atoms with Gasteiger partial charge in [0.15, 0.2) is 0 Å². The number of nitrogens with one attached hydrogen (secondary N) is 1. The number of amides is 1. The van der Waals surface area contributed by atoms with Crippen LogP contribution in [-0.2, 0) is 14.8 Å². The van der Waals surface area contributed by atoms with Crippen molar-refractivity contribution in [1.82, 2.24) is 9.62 Å². The minimum atomic E-state index is -3.91. The van der Waals surface area contributed by atoms with Crippen LogP contribution in [0.3, 0.4) is 0 Å². The van der Waals surface area contributed by atoms with Crippen LogP contribution in [0.5, 0.6) is 0 Å². The largest absolute Gasteiger partial charge is 0.354 e. The van der Waals surface area contributed by atoms with Crippen molar-refractivity contribution in [2.75, 3.05) is 6.54 Å². The Kier molecular flexibility index (Phi) is 4.93. The number of sulfonamides is 1. The lowest BCUT2D eigenvalue weighted by atomic mass is 9.90. The van der Waals surface area contributed by atoms with E-state index >= 15 is 0 Å². The lowest BCUT2D eigenvalue weighted by molar-refractivity contribution is -0.125. The molecule has 2 bridgehead atoms. The molecular formula is C16H18Cl2N2O3S. The Bertz CT molecular complexity index is 761. The molecule has 0 radical (unpaired) electrons. The quantitative estimate of drug-likeness (QED) is 0.809. The normalized spacial score (nSPS) is 28.1. The van der Waals surface area contributed by atoms with Crippen LogP contribution in [0.25, 0.3) is 0 Å². The van der Waals surface area contributed by atoms with E-state index in [1.807, 2.05) is 0 Å². The summed E-state index contributed by atoms with van der Waals surface area (Å²) in [5.41, 5.74) is 0. The third-order valence-electron chi connectivity index (χ3n) is 4.63. The maximum atomic E-state index is 13.3. The summed E-state index contributed by atoms with van der Waals surface area (Å²) in [5, 5.41) is 3.31. The highest BCUT2D eigenvalue weighted by Gasteiger charge is 2.47. The van der Waals surface area contributed by atoms with E-state index in [4.69, 9.17) is 23.2 Å². The van der Waals surface area contributed by atoms with Crippen molar-refractivity contribution in [1.29, 1.82) is 0 Å². The van der Waals surface area contributed by atoms with Crippen LogP contribution in [0, 0.1) is 5.92 Å². The summed E-state index contributed by atoms with van der Waals surface area (Å²) >= 11 is 11.9. The van der Waals surface area contributed by atoms with Gasteiger partial charge in [-0.15, -0.1) is 6.58 Å². The smallest absolute Gasteiger partial charge is 0.244 e. The molecule has 1 N–H and O–H groups in total. The predicted octanol–water partition coefficient (Wildman–Crippen LogP) is 2.84. The second-order valence-corrected chi connectivity index (χ2v) is 8.81. The SMILES string of the molecule is C=C[C@H]1CNC(=O)C2CCCC1N2S(=O)(=O)c1cc(Cl)cc(Cl)c1. The van der Waals surface area contributed by atoms with Crippen molar-refractivity contribution in [3.8, 4) is 0 Å². The van der Waals surface area contributed by atoms with Gasteiger partial charge < -0.3 is 5.32 Å². The van der Waals surface area contributed by atoms with Gasteiger partial charge >= 0.3 is 0 Å². The van der Waals surface area contributed by atoms with Gasteiger partial charge in [0.2, 0.25) is 15.9 Å². The maximum absolute atomic E-state index is 13.3. The Morgan fingerprint density at radius 3 is 2.50 bits per heavy atom. The summed E-state index contributed by atoms with van der Waals surface area (Å²) in [6, 6.07) is 3.19. The van der Waals surface area contributed by atoms with Crippen molar-refractivity contribution in [2.45, 2.75) is 36.2 Å². The third kappa shape index (κ3) is 3.08. The molecule has 130 valence electrons. The fraction of sp³-hybridized carbons (Fsp3) is 0.438. The number of hydrogen-bond donors (Lipinski definition) is 1. The summed E-state index contributed by atoms with van der Waals surface area (Å²) in [5.74, 6) is -0.399. The second kappa shape index (κ2) is 6.67. The van der Waals surface area contributed by atoms with Crippen LogP contribution >= 0.6 is 23.2 Å². The minimum Gasteiger partial charge on any atom is -0.354 e. The number of hydrogen-bond acceptors (Lipinski definition) is 3. The zero-order chi connectivity index (χ0) is 17.5. The average Bonchev–Trinajstić information content (AvgIpc) is 2.61. The maximum Gasteiger partial charge on any atom is 0.244 e. The Hall–Kier alpha value is -1.08. The zero-order valence-electron chi connectivity index (χ0n) is 12.9. The molecule has 24 heavy (non-hydrogen) atoms. The first kappa shape index (κ1) is 17.7. The van der Waals surface area contributed by atoms with Crippen molar-refractivity contribution in [2.24, 2.45) is 5.92 Å². The molecule has 2 heterocycles. The molecule has 0 spiro atoms. The van der Waals surface area contributed by atoms with Crippen LogP contribution in [0.1, 0.15) is 19.3 Å². The molecule has 2 aliphatic rings. The molecule has 5 nitrogen and oxygen atoms in total. The number of piperidine rings is 1. The molecule has 0 aliphatic carbocycles. The zero-order valence-corrected chi connectivity index (χ0v) is 15.2. The molecule has 1 aromatic carbocycles. The molecular weight excluding hydrogens is 371 g/mol. The van der Waals surface area contributed by atoms with E-state index in [1.165, 1.54) is 22.5 Å². The van der Waals surface area contributed by atoms with Crippen molar-refractivity contribution < 1.29 is 13.2 Å². The fourth-order valence-corrected chi connectivity index (χ4v) is 6.12. The van der Waals surface area contributed by atoms with Gasteiger partial charge in [-0.25, -0.2) is 8.42 Å². The van der Waals surface area contributed by atoms with Gasteiger partial charge in [-0.1, -0.05) is 29.3 Å². The predicted molar refractivity (Wildman–Crippen MR) is 93.6 cm³/mol. The van der Waals surface area contributed by atoms with Gasteiger partial charge in [0, 0.05) is 28.5 Å². The average molecular weight is 389 g/mol. The number of carbonyl (C=O) groups is 1. The summed E-state index contributed by atoms with van der Waals surface area (Å²) < 4.78 is 27.9. The molecule has 2 unspecified atom stereocenters. The van der Waals surface area contributed by atoms with E-state index in [0.29, 0.717) is 19.4 Å². The fourth-order valence-electron chi connectivity index (χ4n) is 3.51. The topological polar surface area (TPSA) is 66.5 Å². The molecule has 1 amide bonds. The number of fused-ring (bicyclic) bond motifs is 2. The molecule has 3 atom stereocenters. The van der Waals surface area contributed by atoms with Gasteiger partial charge in [-0.3, -0.25) is 4.79 Å². The van der Waals surface area contributed by atoms with E-state index in [2.05, 4.69) is 11.9 Å². The summed E-state index contributed by atoms with van der Waals surface area (Å²) in [7, 11) is -3.91. The van der Waals surface area contributed by atoms with E-state index in [1.54, 1.807) is 6.08 Å². The highest BCUT2D eigenvalue weighted by Crippen LogP contribution is 2.36. The first-order chi connectivity index (χ1) is 11.3. The number of benzene rings is 1. The summed E-state index contributed by atoms with van der Waals surface area (Å²) in [6.45, 7) is 4.20. The summed E-state index contributed by atoms with van der Waals surface area (Å²) in [6.07, 6.45) is 3.71.